The summed E-state index contributed by atoms with van der Waals surface area (Å²) < 4.78 is 26.9. The molecule has 27 heavy (non-hydrogen) atoms. The summed E-state index contributed by atoms with van der Waals surface area (Å²) in [5.41, 5.74) is 1.23. The van der Waals surface area contributed by atoms with Gasteiger partial charge < -0.3 is 5.32 Å². The number of anilines is 2. The average molecular weight is 380 g/mol. The molecule has 0 saturated heterocycles. The molecule has 1 aromatic heterocycles. The van der Waals surface area contributed by atoms with Crippen molar-refractivity contribution in [1.82, 2.24) is 9.97 Å². The Kier molecular flexibility index (Phi) is 5.58. The molecule has 0 aliphatic carbocycles. The van der Waals surface area contributed by atoms with E-state index in [1.54, 1.807) is 42.5 Å². The number of benzene rings is 2. The molecule has 136 valence electrons. The van der Waals surface area contributed by atoms with Gasteiger partial charge in [-0.15, -0.1) is 0 Å². The van der Waals surface area contributed by atoms with Gasteiger partial charge in [0.1, 0.15) is 0 Å². The Hall–Kier alpha value is -3.52. The van der Waals surface area contributed by atoms with Crippen LogP contribution in [0.4, 0.5) is 11.6 Å². The number of rotatable bonds is 7. The molecule has 8 heteroatoms. The first kappa shape index (κ1) is 18.3. The van der Waals surface area contributed by atoms with Gasteiger partial charge in [0.15, 0.2) is 5.78 Å². The zero-order valence-electron chi connectivity index (χ0n) is 14.1. The van der Waals surface area contributed by atoms with Gasteiger partial charge in [-0.05, 0) is 30.3 Å². The zero-order valence-corrected chi connectivity index (χ0v) is 14.9. The molecule has 2 aromatic carbocycles. The normalized spacial score (nSPS) is 11.3. The van der Waals surface area contributed by atoms with Crippen LogP contribution in [0.25, 0.3) is 0 Å². The van der Waals surface area contributed by atoms with Crippen LogP contribution >= 0.6 is 0 Å². The highest BCUT2D eigenvalue weighted by Gasteiger charge is 2.15. The quantitative estimate of drug-likeness (QED) is 0.482. The third kappa shape index (κ3) is 4.99. The molecule has 0 bridgehead atoms. The Morgan fingerprint density at radius 1 is 0.889 bits per heavy atom. The van der Waals surface area contributed by atoms with Crippen LogP contribution in [0.15, 0.2) is 90.2 Å². The maximum atomic E-state index is 12.3. The van der Waals surface area contributed by atoms with Gasteiger partial charge in [-0.1, -0.05) is 30.3 Å². The van der Waals surface area contributed by atoms with Crippen LogP contribution in [0.2, 0.25) is 0 Å². The van der Waals surface area contributed by atoms with E-state index in [2.05, 4.69) is 20.0 Å². The van der Waals surface area contributed by atoms with Crippen LogP contribution < -0.4 is 10.0 Å². The lowest BCUT2D eigenvalue weighted by Gasteiger charge is -2.07. The summed E-state index contributed by atoms with van der Waals surface area (Å²) in [6.07, 6.45) is 5.81. The Bertz CT molecular complexity index is 1040. The molecule has 3 rings (SSSR count). The van der Waals surface area contributed by atoms with Crippen LogP contribution in [0, 0.1) is 0 Å². The van der Waals surface area contributed by atoms with Crippen molar-refractivity contribution in [2.45, 2.75) is 4.90 Å². The molecular formula is C19H16N4O3S. The second kappa shape index (κ2) is 8.24. The number of hydrogen-bond acceptors (Lipinski definition) is 6. The van der Waals surface area contributed by atoms with Gasteiger partial charge in [0.2, 0.25) is 5.95 Å². The van der Waals surface area contributed by atoms with Crippen molar-refractivity contribution >= 4 is 27.4 Å². The number of hydrogen-bond donors (Lipinski definition) is 2. The molecule has 2 N–H and O–H groups in total. The number of allylic oxidation sites excluding steroid dienone is 1. The third-order valence-electron chi connectivity index (χ3n) is 3.50. The van der Waals surface area contributed by atoms with Crippen molar-refractivity contribution in [1.29, 1.82) is 0 Å². The summed E-state index contributed by atoms with van der Waals surface area (Å²) in [5, 5.41) is 2.93. The lowest BCUT2D eigenvalue weighted by molar-refractivity contribution is 0.104. The summed E-state index contributed by atoms with van der Waals surface area (Å²) in [6.45, 7) is 0. The maximum absolute atomic E-state index is 12.3. The highest BCUT2D eigenvalue weighted by atomic mass is 32.2. The summed E-state index contributed by atoms with van der Waals surface area (Å²) >= 11 is 0. The van der Waals surface area contributed by atoms with E-state index < -0.39 is 10.0 Å². The summed E-state index contributed by atoms with van der Waals surface area (Å²) in [6, 6.07) is 16.6. The number of carbonyl (C=O) groups excluding carboxylic acids is 1. The van der Waals surface area contributed by atoms with Crippen molar-refractivity contribution < 1.29 is 13.2 Å². The fourth-order valence-electron chi connectivity index (χ4n) is 2.17. The summed E-state index contributed by atoms with van der Waals surface area (Å²) in [5.74, 6) is -0.128. The van der Waals surface area contributed by atoms with E-state index in [4.69, 9.17) is 0 Å². The Labute approximate surface area is 156 Å². The lowest BCUT2D eigenvalue weighted by atomic mass is 10.1. The molecule has 7 nitrogen and oxygen atoms in total. The second-order valence-corrected chi connectivity index (χ2v) is 7.09. The van der Waals surface area contributed by atoms with E-state index in [1.165, 1.54) is 36.8 Å². The largest absolute Gasteiger partial charge is 0.362 e. The first-order valence-corrected chi connectivity index (χ1v) is 9.45. The molecule has 0 atom stereocenters. The zero-order chi connectivity index (χ0) is 19.1. The number of sulfonamides is 1. The molecule has 0 saturated carbocycles. The highest BCUT2D eigenvalue weighted by Crippen LogP contribution is 2.16. The van der Waals surface area contributed by atoms with Crippen LogP contribution in [-0.4, -0.2) is 24.2 Å². The van der Waals surface area contributed by atoms with Crippen molar-refractivity contribution in [3.05, 3.63) is 90.9 Å². The van der Waals surface area contributed by atoms with Crippen LogP contribution in [0.3, 0.4) is 0 Å². The van der Waals surface area contributed by atoms with Gasteiger partial charge in [-0.2, -0.15) is 0 Å². The van der Waals surface area contributed by atoms with Crippen LogP contribution in [-0.2, 0) is 10.0 Å². The molecule has 0 aliphatic heterocycles. The fourth-order valence-corrected chi connectivity index (χ4v) is 3.13. The predicted molar refractivity (Wildman–Crippen MR) is 103 cm³/mol. The minimum Gasteiger partial charge on any atom is -0.362 e. The van der Waals surface area contributed by atoms with Crippen molar-refractivity contribution in [2.75, 3.05) is 10.0 Å². The molecule has 0 radical (unpaired) electrons. The molecule has 1 heterocycles. The molecule has 0 spiro atoms. The standard InChI is InChI=1S/C19H16N4O3S/c24-18(15-5-2-1-3-6-15)11-14-20-16-7-9-17(10-8-16)27(25,26)23-19-21-12-4-13-22-19/h1-14,20H,(H,21,22,23)/b14-11+. The predicted octanol–water partition coefficient (Wildman–Crippen LogP) is 3.09. The minimum atomic E-state index is -3.77. The summed E-state index contributed by atoms with van der Waals surface area (Å²) in [4.78, 5) is 19.7. The summed E-state index contributed by atoms with van der Waals surface area (Å²) in [7, 11) is -3.77. The SMILES string of the molecule is O=C(/C=C/Nc1ccc(S(=O)(=O)Nc2ncccn2)cc1)c1ccccc1. The number of carbonyl (C=O) groups is 1. The second-order valence-electron chi connectivity index (χ2n) is 5.41. The third-order valence-corrected chi connectivity index (χ3v) is 4.84. The van der Waals surface area contributed by atoms with E-state index in [1.807, 2.05) is 6.07 Å². The van der Waals surface area contributed by atoms with Crippen molar-refractivity contribution in [3.63, 3.8) is 0 Å². The first-order chi connectivity index (χ1) is 13.0. The molecular weight excluding hydrogens is 364 g/mol. The molecule has 0 unspecified atom stereocenters. The number of ketones is 1. The number of nitrogens with zero attached hydrogens (tertiary/aromatic N) is 2. The monoisotopic (exact) mass is 380 g/mol. The first-order valence-electron chi connectivity index (χ1n) is 7.97. The maximum Gasteiger partial charge on any atom is 0.264 e. The van der Waals surface area contributed by atoms with Gasteiger partial charge in [0.25, 0.3) is 10.0 Å². The van der Waals surface area contributed by atoms with Gasteiger partial charge in [-0.25, -0.2) is 23.1 Å². The van der Waals surface area contributed by atoms with Crippen LogP contribution in [0.1, 0.15) is 10.4 Å². The minimum absolute atomic E-state index is 0.00191. The Morgan fingerprint density at radius 3 is 2.22 bits per heavy atom. The smallest absolute Gasteiger partial charge is 0.264 e. The Balaban J connectivity index is 1.63. The van der Waals surface area contributed by atoms with E-state index in [0.29, 0.717) is 11.3 Å². The number of aromatic nitrogens is 2. The Morgan fingerprint density at radius 2 is 1.56 bits per heavy atom. The van der Waals surface area contributed by atoms with Gasteiger partial charge in [0, 0.05) is 35.9 Å². The van der Waals surface area contributed by atoms with Gasteiger partial charge >= 0.3 is 0 Å². The van der Waals surface area contributed by atoms with E-state index >= 15 is 0 Å². The molecule has 0 aliphatic rings. The van der Waals surface area contributed by atoms with Crippen molar-refractivity contribution in [3.8, 4) is 0 Å². The fraction of sp³-hybridized carbons (Fsp3) is 0. The highest BCUT2D eigenvalue weighted by molar-refractivity contribution is 7.92. The topological polar surface area (TPSA) is 101 Å². The number of nitrogens with one attached hydrogen (secondary N) is 2. The molecule has 3 aromatic rings. The lowest BCUT2D eigenvalue weighted by Crippen LogP contribution is -2.14. The van der Waals surface area contributed by atoms with Crippen LogP contribution in [0.5, 0.6) is 0 Å². The average Bonchev–Trinajstić information content (AvgIpc) is 2.69. The van der Waals surface area contributed by atoms with E-state index in [9.17, 15) is 13.2 Å². The molecule has 0 amide bonds. The van der Waals surface area contributed by atoms with Crippen molar-refractivity contribution in [2.24, 2.45) is 0 Å². The van der Waals surface area contributed by atoms with E-state index in [-0.39, 0.29) is 16.6 Å². The van der Waals surface area contributed by atoms with E-state index in [0.717, 1.165) is 0 Å². The van der Waals surface area contributed by atoms with Gasteiger partial charge in [0.05, 0.1) is 4.90 Å². The molecule has 0 fully saturated rings. The van der Waals surface area contributed by atoms with Gasteiger partial charge in [-0.3, -0.25) is 4.79 Å².